The predicted molar refractivity (Wildman–Crippen MR) is 101 cm³/mol. The van der Waals surface area contributed by atoms with E-state index < -0.39 is 6.10 Å². The zero-order valence-electron chi connectivity index (χ0n) is 15.1. The molecule has 0 bridgehead atoms. The molecule has 0 amide bonds. The summed E-state index contributed by atoms with van der Waals surface area (Å²) in [6, 6.07) is 8.58. The van der Waals surface area contributed by atoms with Gasteiger partial charge in [0.05, 0.1) is 25.0 Å². The van der Waals surface area contributed by atoms with E-state index >= 15 is 0 Å². The number of carbonyl (C=O) groups is 1. The van der Waals surface area contributed by atoms with Crippen LogP contribution in [-0.4, -0.2) is 41.8 Å². The monoisotopic (exact) mass is 363 g/mol. The summed E-state index contributed by atoms with van der Waals surface area (Å²) in [4.78, 5) is 18.2. The van der Waals surface area contributed by atoms with E-state index in [1.54, 1.807) is 0 Å². The van der Waals surface area contributed by atoms with E-state index in [4.69, 9.17) is 14.9 Å². The second-order valence-corrected chi connectivity index (χ2v) is 7.27. The fraction of sp³-hybridized carbons (Fsp3) is 0.333. The van der Waals surface area contributed by atoms with Crippen molar-refractivity contribution in [1.82, 2.24) is 9.88 Å². The summed E-state index contributed by atoms with van der Waals surface area (Å²) >= 11 is 0. The average molecular weight is 363 g/mol. The van der Waals surface area contributed by atoms with E-state index in [-0.39, 0.29) is 17.9 Å². The van der Waals surface area contributed by atoms with Crippen LogP contribution < -0.4 is 0 Å². The normalized spacial score (nSPS) is 26.1. The summed E-state index contributed by atoms with van der Waals surface area (Å²) < 4.78 is 10.6. The third-order valence-corrected chi connectivity index (χ3v) is 5.99. The zero-order valence-corrected chi connectivity index (χ0v) is 15.1. The summed E-state index contributed by atoms with van der Waals surface area (Å²) in [5.74, 6) is -0.466. The number of benzene rings is 1. The lowest BCUT2D eigenvalue weighted by Crippen LogP contribution is -2.42. The summed E-state index contributed by atoms with van der Waals surface area (Å²) in [6.45, 7) is 0.914. The number of nitrogens with one attached hydrogen (secondary N) is 2. The summed E-state index contributed by atoms with van der Waals surface area (Å²) in [7, 11) is 1.39. The van der Waals surface area contributed by atoms with Crippen molar-refractivity contribution in [3.05, 3.63) is 59.1 Å². The summed E-state index contributed by atoms with van der Waals surface area (Å²) in [5.41, 5.74) is 5.27. The molecule has 0 saturated carbocycles. The van der Waals surface area contributed by atoms with Gasteiger partial charge >= 0.3 is 5.97 Å². The Morgan fingerprint density at radius 3 is 3.07 bits per heavy atom. The molecular formula is C21H21N3O3. The maximum atomic E-state index is 12.3. The Kier molecular flexibility index (Phi) is 3.60. The average Bonchev–Trinajstić information content (AvgIpc) is 3.10. The highest BCUT2D eigenvalue weighted by Gasteiger charge is 2.42. The molecule has 1 aromatic heterocycles. The highest BCUT2D eigenvalue weighted by Crippen LogP contribution is 2.46. The lowest BCUT2D eigenvalue weighted by atomic mass is 9.77. The number of H-pyrrole nitrogens is 1. The van der Waals surface area contributed by atoms with Crippen LogP contribution in [0.2, 0.25) is 0 Å². The molecular weight excluding hydrogens is 342 g/mol. The lowest BCUT2D eigenvalue weighted by Gasteiger charge is -2.44. The highest BCUT2D eigenvalue weighted by molar-refractivity contribution is 5.90. The number of para-hydroxylation sites is 1. The first-order chi connectivity index (χ1) is 13.2. The first-order valence-electron chi connectivity index (χ1n) is 9.22. The largest absolute Gasteiger partial charge is 0.487 e. The Hall–Kier alpha value is -3.02. The van der Waals surface area contributed by atoms with Crippen LogP contribution in [-0.2, 0) is 20.7 Å². The molecule has 3 aliphatic heterocycles. The zero-order chi connectivity index (χ0) is 18.5. The van der Waals surface area contributed by atoms with E-state index in [9.17, 15) is 4.79 Å². The van der Waals surface area contributed by atoms with Crippen LogP contribution in [0.15, 0.2) is 47.9 Å². The smallest absolute Gasteiger partial charge is 0.337 e. The first-order valence-corrected chi connectivity index (χ1v) is 9.22. The van der Waals surface area contributed by atoms with Crippen molar-refractivity contribution in [3.63, 3.8) is 0 Å². The number of fused-ring (bicyclic) bond motifs is 6. The van der Waals surface area contributed by atoms with Crippen LogP contribution >= 0.6 is 0 Å². The van der Waals surface area contributed by atoms with Gasteiger partial charge in [0, 0.05) is 41.5 Å². The van der Waals surface area contributed by atoms with Gasteiger partial charge < -0.3 is 24.8 Å². The van der Waals surface area contributed by atoms with Crippen LogP contribution in [0.3, 0.4) is 0 Å². The number of carbonyl (C=O) groups excluding carboxylic acids is 1. The van der Waals surface area contributed by atoms with Gasteiger partial charge in [0.1, 0.15) is 0 Å². The number of hydrogen-bond acceptors (Lipinski definition) is 5. The second-order valence-electron chi connectivity index (χ2n) is 7.27. The maximum Gasteiger partial charge on any atom is 0.337 e. The van der Waals surface area contributed by atoms with Gasteiger partial charge in [-0.1, -0.05) is 18.2 Å². The van der Waals surface area contributed by atoms with Gasteiger partial charge in [-0.2, -0.15) is 0 Å². The molecule has 5 rings (SSSR count). The molecule has 2 N–H and O–H groups in total. The van der Waals surface area contributed by atoms with E-state index in [0.29, 0.717) is 5.57 Å². The van der Waals surface area contributed by atoms with Crippen molar-refractivity contribution in [2.24, 2.45) is 5.92 Å². The maximum absolute atomic E-state index is 12.3. The quantitative estimate of drug-likeness (QED) is 0.635. The molecule has 2 aromatic rings. The van der Waals surface area contributed by atoms with Gasteiger partial charge in [0.15, 0.2) is 6.10 Å². The highest BCUT2D eigenvalue weighted by atomic mass is 16.5. The third-order valence-electron chi connectivity index (χ3n) is 5.99. The Labute approximate surface area is 157 Å². The lowest BCUT2D eigenvalue weighted by molar-refractivity contribution is -0.137. The SMILES string of the molecule is COC(=O)C1=COC(C=N)C2=CN3CCc4c([nH]c5ccccc45)[C@@H]3C[C@H]12. The van der Waals surface area contributed by atoms with Crippen LogP contribution in [0.4, 0.5) is 0 Å². The minimum atomic E-state index is -0.423. The van der Waals surface area contributed by atoms with Crippen molar-refractivity contribution in [2.75, 3.05) is 13.7 Å². The summed E-state index contributed by atoms with van der Waals surface area (Å²) in [6.07, 6.45) is 6.18. The molecule has 1 unspecified atom stereocenters. The van der Waals surface area contributed by atoms with E-state index in [1.165, 1.54) is 36.2 Å². The topological polar surface area (TPSA) is 78.4 Å². The molecule has 138 valence electrons. The van der Waals surface area contributed by atoms with Crippen molar-refractivity contribution in [1.29, 1.82) is 5.41 Å². The number of ether oxygens (including phenoxy) is 2. The van der Waals surface area contributed by atoms with Gasteiger partial charge in [-0.3, -0.25) is 0 Å². The Bertz CT molecular complexity index is 1000. The standard InChI is InChI=1S/C21H21N3O3/c1-26-21(25)16-11-27-19(9-22)15-10-24-7-6-13-12-4-2-3-5-17(12)23-20(13)18(24)8-14(15)16/h2-5,9-11,14,18-19,22-23H,6-8H2,1H3/t14-,18-,19?/m0/s1. The number of methoxy groups -OCH3 is 1. The molecule has 1 aromatic carbocycles. The van der Waals surface area contributed by atoms with Crippen LogP contribution in [0, 0.1) is 11.3 Å². The van der Waals surface area contributed by atoms with Crippen LogP contribution in [0.1, 0.15) is 23.7 Å². The number of rotatable bonds is 2. The van der Waals surface area contributed by atoms with E-state index in [2.05, 4.69) is 34.3 Å². The van der Waals surface area contributed by atoms with Gasteiger partial charge in [0.25, 0.3) is 0 Å². The minimum absolute atomic E-state index is 0.101. The Morgan fingerprint density at radius 1 is 1.41 bits per heavy atom. The number of hydrogen-bond donors (Lipinski definition) is 2. The van der Waals surface area contributed by atoms with Crippen molar-refractivity contribution >= 4 is 23.1 Å². The van der Waals surface area contributed by atoms with Gasteiger partial charge in [-0.15, -0.1) is 0 Å². The fourth-order valence-electron chi connectivity index (χ4n) is 4.72. The number of esters is 1. The van der Waals surface area contributed by atoms with Crippen molar-refractivity contribution in [2.45, 2.75) is 25.0 Å². The first kappa shape index (κ1) is 16.2. The molecule has 27 heavy (non-hydrogen) atoms. The van der Waals surface area contributed by atoms with Crippen molar-refractivity contribution < 1.29 is 14.3 Å². The second kappa shape index (κ2) is 6.01. The predicted octanol–water partition coefficient (Wildman–Crippen LogP) is 3.08. The molecule has 6 heteroatoms. The molecule has 0 radical (unpaired) electrons. The molecule has 6 nitrogen and oxygen atoms in total. The number of nitrogens with zero attached hydrogens (tertiary/aromatic N) is 1. The minimum Gasteiger partial charge on any atom is -0.487 e. The number of aromatic amines is 1. The molecule has 3 atom stereocenters. The molecule has 3 aliphatic rings. The fourth-order valence-corrected chi connectivity index (χ4v) is 4.72. The van der Waals surface area contributed by atoms with E-state index in [0.717, 1.165) is 30.5 Å². The Balaban J connectivity index is 1.60. The summed E-state index contributed by atoms with van der Waals surface area (Å²) in [5, 5.41) is 8.99. The van der Waals surface area contributed by atoms with E-state index in [1.807, 2.05) is 6.07 Å². The van der Waals surface area contributed by atoms with Gasteiger partial charge in [0.2, 0.25) is 0 Å². The molecule has 0 spiro atoms. The van der Waals surface area contributed by atoms with Crippen molar-refractivity contribution in [3.8, 4) is 0 Å². The molecule has 4 heterocycles. The van der Waals surface area contributed by atoms with Gasteiger partial charge in [-0.25, -0.2) is 4.79 Å². The number of aromatic nitrogens is 1. The molecule has 0 saturated heterocycles. The molecule has 0 aliphatic carbocycles. The van der Waals surface area contributed by atoms with Crippen LogP contribution in [0.25, 0.3) is 10.9 Å². The Morgan fingerprint density at radius 2 is 2.26 bits per heavy atom. The van der Waals surface area contributed by atoms with Crippen LogP contribution in [0.5, 0.6) is 0 Å². The third kappa shape index (κ3) is 2.32. The van der Waals surface area contributed by atoms with Gasteiger partial charge in [-0.05, 0) is 30.0 Å². The molecule has 0 fully saturated rings.